The van der Waals surface area contributed by atoms with Gasteiger partial charge in [-0.05, 0) is 12.1 Å². The van der Waals surface area contributed by atoms with E-state index in [1.165, 1.54) is 26.2 Å². The van der Waals surface area contributed by atoms with Crippen LogP contribution < -0.4 is 10.3 Å². The maximum Gasteiger partial charge on any atom is 0.283 e. The molecule has 0 spiro atoms. The smallest absolute Gasteiger partial charge is 0.283 e. The van der Waals surface area contributed by atoms with Crippen LogP contribution in [0.4, 0.5) is 4.39 Å². The number of nitrogens with one attached hydrogen (secondary N) is 1. The quantitative estimate of drug-likeness (QED) is 0.637. The summed E-state index contributed by atoms with van der Waals surface area (Å²) in [6, 6.07) is 14.5. The van der Waals surface area contributed by atoms with Crippen molar-refractivity contribution in [3.8, 4) is 5.75 Å². The first kappa shape index (κ1) is 20.1. The normalized spacial score (nSPS) is 11.6. The summed E-state index contributed by atoms with van der Waals surface area (Å²) >= 11 is 6.22. The van der Waals surface area contributed by atoms with Crippen LogP contribution in [-0.4, -0.2) is 32.7 Å². The topological polar surface area (TPSA) is 75.7 Å². The number of nitrogens with zero attached hydrogens (tertiary/aromatic N) is 1. The lowest BCUT2D eigenvalue weighted by Gasteiger charge is -2.18. The lowest BCUT2D eigenvalue weighted by Crippen LogP contribution is -2.28. The molecule has 0 fully saturated rings. The lowest BCUT2D eigenvalue weighted by molar-refractivity contribution is 0.0754. The molecule has 146 valence electrons. The van der Waals surface area contributed by atoms with Crippen molar-refractivity contribution in [2.24, 2.45) is 0 Å². The van der Waals surface area contributed by atoms with Crippen LogP contribution in [0.25, 0.3) is 10.8 Å². The Labute approximate surface area is 166 Å². The first-order chi connectivity index (χ1) is 13.2. The van der Waals surface area contributed by atoms with E-state index in [1.54, 1.807) is 42.5 Å². The van der Waals surface area contributed by atoms with E-state index in [2.05, 4.69) is 5.48 Å². The van der Waals surface area contributed by atoms with Crippen molar-refractivity contribution in [3.63, 3.8) is 0 Å². The van der Waals surface area contributed by atoms with Gasteiger partial charge in [0.1, 0.15) is 4.90 Å². The third-order valence-corrected chi connectivity index (χ3v) is 6.39. The predicted octanol–water partition coefficient (Wildman–Crippen LogP) is 3.61. The van der Waals surface area contributed by atoms with Gasteiger partial charge in [-0.1, -0.05) is 54.1 Å². The molecule has 0 bridgehead atoms. The Bertz CT molecular complexity index is 1150. The van der Waals surface area contributed by atoms with Gasteiger partial charge in [-0.25, -0.2) is 17.1 Å². The van der Waals surface area contributed by atoms with E-state index in [0.717, 1.165) is 4.31 Å². The van der Waals surface area contributed by atoms with Gasteiger partial charge in [0.15, 0.2) is 11.6 Å². The van der Waals surface area contributed by atoms with E-state index in [4.69, 9.17) is 16.4 Å². The van der Waals surface area contributed by atoms with E-state index in [0.29, 0.717) is 5.56 Å². The molecule has 3 aromatic rings. The molecular weight excluding hydrogens is 407 g/mol. The first-order valence-electron chi connectivity index (χ1n) is 8.09. The second kappa shape index (κ2) is 7.75. The summed E-state index contributed by atoms with van der Waals surface area (Å²) in [5.74, 6) is -2.24. The molecule has 0 aromatic heterocycles. The van der Waals surface area contributed by atoms with Crippen LogP contribution in [0.15, 0.2) is 59.5 Å². The third kappa shape index (κ3) is 3.54. The summed E-state index contributed by atoms with van der Waals surface area (Å²) < 4.78 is 41.2. The summed E-state index contributed by atoms with van der Waals surface area (Å²) in [7, 11) is -1.69. The Balaban J connectivity index is 2.13. The van der Waals surface area contributed by atoms with Gasteiger partial charge >= 0.3 is 0 Å². The average molecular weight is 423 g/mol. The number of sulfonamides is 1. The Morgan fingerprint density at radius 1 is 1.04 bits per heavy atom. The second-order valence-electron chi connectivity index (χ2n) is 6.02. The Hall–Kier alpha value is -2.68. The largest absolute Gasteiger partial charge is 0.375 e. The molecule has 0 aliphatic heterocycles. The second-order valence-corrected chi connectivity index (χ2v) is 8.49. The minimum absolute atomic E-state index is 0.219. The van der Waals surface area contributed by atoms with Gasteiger partial charge in [0, 0.05) is 30.4 Å². The average Bonchev–Trinajstić information content (AvgIpc) is 2.68. The summed E-state index contributed by atoms with van der Waals surface area (Å²) in [6.45, 7) is 0. The van der Waals surface area contributed by atoms with Crippen LogP contribution in [0.2, 0.25) is 5.02 Å². The van der Waals surface area contributed by atoms with E-state index >= 15 is 4.39 Å². The minimum atomic E-state index is -4.21. The maximum atomic E-state index is 15.2. The van der Waals surface area contributed by atoms with Gasteiger partial charge in [-0.2, -0.15) is 5.48 Å². The highest BCUT2D eigenvalue weighted by molar-refractivity contribution is 7.89. The number of fused-ring (bicyclic) bond motifs is 1. The number of hydroxylamine groups is 1. The minimum Gasteiger partial charge on any atom is -0.375 e. The Morgan fingerprint density at radius 2 is 1.61 bits per heavy atom. The van der Waals surface area contributed by atoms with Crippen LogP contribution >= 0.6 is 11.6 Å². The van der Waals surface area contributed by atoms with Crippen molar-refractivity contribution in [1.82, 2.24) is 9.79 Å². The third-order valence-electron chi connectivity index (χ3n) is 4.03. The van der Waals surface area contributed by atoms with Crippen molar-refractivity contribution < 1.29 is 22.4 Å². The standard InChI is InChI=1S/C19H16ClFN2O4S/c1-23(2)28(25,26)18-15(20)13-10-6-7-11-14(13)17(16(18)21)27-22-19(24)12-8-4-3-5-9-12/h3-11H,1-2H3,(H,22,24). The van der Waals surface area contributed by atoms with E-state index < -0.39 is 32.4 Å². The molecule has 0 heterocycles. The summed E-state index contributed by atoms with van der Waals surface area (Å²) in [4.78, 5) is 16.7. The fourth-order valence-electron chi connectivity index (χ4n) is 2.57. The van der Waals surface area contributed by atoms with Crippen molar-refractivity contribution in [2.45, 2.75) is 4.90 Å². The highest BCUT2D eigenvalue weighted by atomic mass is 35.5. The molecule has 0 unspecified atom stereocenters. The lowest BCUT2D eigenvalue weighted by atomic mass is 10.1. The molecular formula is C19H16ClFN2O4S. The molecule has 3 rings (SSSR count). The Kier molecular flexibility index (Phi) is 5.55. The molecule has 0 aliphatic carbocycles. The number of carbonyl (C=O) groups is 1. The molecule has 1 amide bonds. The van der Waals surface area contributed by atoms with Gasteiger partial charge < -0.3 is 4.84 Å². The molecule has 0 atom stereocenters. The van der Waals surface area contributed by atoms with Crippen LogP contribution in [0.1, 0.15) is 10.4 Å². The number of carbonyl (C=O) groups excluding carboxylic acids is 1. The molecule has 0 saturated heterocycles. The van der Waals surface area contributed by atoms with Crippen molar-refractivity contribution in [1.29, 1.82) is 0 Å². The van der Waals surface area contributed by atoms with Crippen LogP contribution in [0.3, 0.4) is 0 Å². The van der Waals surface area contributed by atoms with Crippen molar-refractivity contribution in [3.05, 3.63) is 71.0 Å². The zero-order valence-corrected chi connectivity index (χ0v) is 16.5. The van der Waals surface area contributed by atoms with Crippen molar-refractivity contribution in [2.75, 3.05) is 14.1 Å². The monoisotopic (exact) mass is 422 g/mol. The zero-order valence-electron chi connectivity index (χ0n) is 14.9. The highest BCUT2D eigenvalue weighted by Crippen LogP contribution is 2.40. The molecule has 0 radical (unpaired) electrons. The maximum absolute atomic E-state index is 15.2. The summed E-state index contributed by atoms with van der Waals surface area (Å²) in [5.41, 5.74) is 2.44. The SMILES string of the molecule is CN(C)S(=O)(=O)c1c(F)c(ONC(=O)c2ccccc2)c2ccccc2c1Cl. The summed E-state index contributed by atoms with van der Waals surface area (Å²) in [6.07, 6.45) is 0. The van der Waals surface area contributed by atoms with Gasteiger partial charge in [0.25, 0.3) is 5.91 Å². The first-order valence-corrected chi connectivity index (χ1v) is 9.91. The predicted molar refractivity (Wildman–Crippen MR) is 104 cm³/mol. The number of hydrogen-bond donors (Lipinski definition) is 1. The van der Waals surface area contributed by atoms with Crippen LogP contribution in [0.5, 0.6) is 5.75 Å². The van der Waals surface area contributed by atoms with Gasteiger partial charge in [-0.3, -0.25) is 4.79 Å². The number of amides is 1. The van der Waals surface area contributed by atoms with Crippen LogP contribution in [0, 0.1) is 5.82 Å². The fourth-order valence-corrected chi connectivity index (χ4v) is 4.13. The number of halogens is 2. The summed E-state index contributed by atoms with van der Waals surface area (Å²) in [5, 5.41) is 0.231. The van der Waals surface area contributed by atoms with Crippen molar-refractivity contribution >= 4 is 38.3 Å². The zero-order chi connectivity index (χ0) is 20.5. The van der Waals surface area contributed by atoms with Gasteiger partial charge in [0.05, 0.1) is 5.02 Å². The number of rotatable bonds is 5. The molecule has 0 aliphatic rings. The number of benzene rings is 3. The van der Waals surface area contributed by atoms with E-state index in [-0.39, 0.29) is 15.8 Å². The molecule has 9 heteroatoms. The fraction of sp³-hybridized carbons (Fsp3) is 0.105. The molecule has 0 saturated carbocycles. The number of hydrogen-bond acceptors (Lipinski definition) is 4. The molecule has 6 nitrogen and oxygen atoms in total. The Morgan fingerprint density at radius 3 is 2.21 bits per heavy atom. The van der Waals surface area contributed by atoms with E-state index in [1.807, 2.05) is 0 Å². The van der Waals surface area contributed by atoms with Crippen LogP contribution in [-0.2, 0) is 10.0 Å². The van der Waals surface area contributed by atoms with Gasteiger partial charge in [-0.15, -0.1) is 0 Å². The van der Waals surface area contributed by atoms with Gasteiger partial charge in [0.2, 0.25) is 10.0 Å². The van der Waals surface area contributed by atoms with E-state index in [9.17, 15) is 13.2 Å². The highest BCUT2D eigenvalue weighted by Gasteiger charge is 2.31. The molecule has 28 heavy (non-hydrogen) atoms. The molecule has 3 aromatic carbocycles. The molecule has 1 N–H and O–H groups in total.